The van der Waals surface area contributed by atoms with Gasteiger partial charge in [-0.25, -0.2) is 13.1 Å². The van der Waals surface area contributed by atoms with E-state index in [9.17, 15) is 28.4 Å². The molecule has 0 unspecified atom stereocenters. The molecule has 9 nitrogen and oxygen atoms in total. The van der Waals surface area contributed by atoms with Crippen LogP contribution in [-0.4, -0.2) is 49.4 Å². The third-order valence-electron chi connectivity index (χ3n) is 2.77. The Morgan fingerprint density at radius 2 is 2.10 bits per heavy atom. The molecule has 0 bridgehead atoms. The molecule has 0 fully saturated rings. The molecule has 0 aliphatic carbocycles. The summed E-state index contributed by atoms with van der Waals surface area (Å²) in [6.07, 6.45) is 0. The van der Waals surface area contributed by atoms with Gasteiger partial charge in [0.1, 0.15) is 0 Å². The molecule has 0 spiro atoms. The predicted octanol–water partition coefficient (Wildman–Crippen LogP) is 0.0570. The van der Waals surface area contributed by atoms with Crippen molar-refractivity contribution in [2.75, 3.05) is 20.1 Å². The van der Waals surface area contributed by atoms with Crippen molar-refractivity contribution in [3.8, 4) is 5.75 Å². The lowest BCUT2D eigenvalue weighted by Crippen LogP contribution is -2.37. The van der Waals surface area contributed by atoms with Crippen molar-refractivity contribution in [3.63, 3.8) is 0 Å². The number of phenols is 1. The second-order valence-corrected chi connectivity index (χ2v) is 5.91. The summed E-state index contributed by atoms with van der Waals surface area (Å²) in [7, 11) is -2.57. The summed E-state index contributed by atoms with van der Waals surface area (Å²) in [5.41, 5.74) is -0.727. The highest BCUT2D eigenvalue weighted by Crippen LogP contribution is 2.27. The van der Waals surface area contributed by atoms with Gasteiger partial charge in [-0.3, -0.25) is 14.9 Å². The average Bonchev–Trinajstić information content (AvgIpc) is 2.43. The number of sulfonamides is 1. The number of hydrogen-bond donors (Lipinski definition) is 2. The van der Waals surface area contributed by atoms with Gasteiger partial charge in [-0.2, -0.15) is 0 Å². The fourth-order valence-electron chi connectivity index (χ4n) is 1.37. The van der Waals surface area contributed by atoms with E-state index in [0.717, 1.165) is 18.2 Å². The first-order valence-electron chi connectivity index (χ1n) is 5.90. The van der Waals surface area contributed by atoms with Gasteiger partial charge in [-0.1, -0.05) is 0 Å². The summed E-state index contributed by atoms with van der Waals surface area (Å²) in [6.45, 7) is 1.70. The van der Waals surface area contributed by atoms with Gasteiger partial charge in [0.05, 0.1) is 16.4 Å². The number of carbonyl (C=O) groups excluding carboxylic acids is 1. The molecule has 0 radical (unpaired) electrons. The van der Waals surface area contributed by atoms with E-state index in [1.807, 2.05) is 0 Å². The number of carbonyl (C=O) groups is 1. The Kier molecular flexibility index (Phi) is 5.22. The average molecular weight is 317 g/mol. The molecule has 0 aromatic heterocycles. The number of hydrogen-bond acceptors (Lipinski definition) is 6. The van der Waals surface area contributed by atoms with E-state index >= 15 is 0 Å². The van der Waals surface area contributed by atoms with Crippen molar-refractivity contribution < 1.29 is 23.2 Å². The first-order valence-corrected chi connectivity index (χ1v) is 7.38. The highest BCUT2D eigenvalue weighted by molar-refractivity contribution is 7.89. The topological polar surface area (TPSA) is 130 Å². The lowest BCUT2D eigenvalue weighted by Gasteiger charge is -2.14. The van der Waals surface area contributed by atoms with Crippen molar-refractivity contribution in [1.82, 2.24) is 9.62 Å². The smallest absolute Gasteiger partial charge is 0.312 e. The molecule has 0 aliphatic heterocycles. The Hall–Kier alpha value is -2.20. The van der Waals surface area contributed by atoms with Crippen LogP contribution in [0, 0.1) is 10.1 Å². The molecule has 1 aromatic rings. The van der Waals surface area contributed by atoms with Crippen molar-refractivity contribution >= 4 is 21.6 Å². The van der Waals surface area contributed by atoms with Crippen LogP contribution in [-0.2, 0) is 14.8 Å². The number of phenolic OH excluding ortho intramolecular Hbond substituents is 1. The summed E-state index contributed by atoms with van der Waals surface area (Å²) in [4.78, 5) is 22.2. The van der Waals surface area contributed by atoms with Crippen LogP contribution >= 0.6 is 0 Å². The lowest BCUT2D eigenvalue weighted by molar-refractivity contribution is -0.386. The monoisotopic (exact) mass is 317 g/mol. The molecule has 0 heterocycles. The van der Waals surface area contributed by atoms with Crippen LogP contribution in [0.15, 0.2) is 23.1 Å². The van der Waals surface area contributed by atoms with E-state index in [1.54, 1.807) is 6.92 Å². The zero-order chi connectivity index (χ0) is 16.2. The van der Waals surface area contributed by atoms with Crippen molar-refractivity contribution in [2.45, 2.75) is 11.8 Å². The van der Waals surface area contributed by atoms with Gasteiger partial charge < -0.3 is 10.0 Å². The molecule has 0 atom stereocenters. The summed E-state index contributed by atoms with van der Waals surface area (Å²) < 4.78 is 25.9. The highest BCUT2D eigenvalue weighted by atomic mass is 32.2. The number of likely N-dealkylation sites (N-methyl/N-ethyl adjacent to an activating group) is 1. The Morgan fingerprint density at radius 1 is 1.48 bits per heavy atom. The molecule has 1 aromatic carbocycles. The lowest BCUT2D eigenvalue weighted by atomic mass is 10.3. The maximum atomic E-state index is 11.9. The van der Waals surface area contributed by atoms with Gasteiger partial charge in [-0.05, 0) is 19.1 Å². The molecule has 1 amide bonds. The summed E-state index contributed by atoms with van der Waals surface area (Å²) in [6, 6.07) is 2.65. The van der Waals surface area contributed by atoms with Gasteiger partial charge in [0.25, 0.3) is 0 Å². The fraction of sp³-hybridized carbons (Fsp3) is 0.364. The van der Waals surface area contributed by atoms with E-state index in [4.69, 9.17) is 0 Å². The van der Waals surface area contributed by atoms with Gasteiger partial charge in [0.2, 0.25) is 15.9 Å². The number of nitro groups is 1. The van der Waals surface area contributed by atoms with Crippen molar-refractivity contribution in [2.24, 2.45) is 0 Å². The standard InChI is InChI=1S/C11H15N3O6S/c1-3-13(2)11(16)7-12-21(19,20)8-4-5-10(15)9(6-8)14(17)18/h4-6,12,15H,3,7H2,1-2H3. The molecule has 0 aliphatic rings. The van der Waals surface area contributed by atoms with E-state index in [2.05, 4.69) is 4.72 Å². The normalized spacial score (nSPS) is 11.1. The molecule has 0 saturated heterocycles. The number of nitrogens with zero attached hydrogens (tertiary/aromatic N) is 2. The van der Waals surface area contributed by atoms with Crippen LogP contribution in [0.5, 0.6) is 5.75 Å². The molecular weight excluding hydrogens is 302 g/mol. The van der Waals surface area contributed by atoms with Crippen LogP contribution in [0.3, 0.4) is 0 Å². The summed E-state index contributed by atoms with van der Waals surface area (Å²) in [5, 5.41) is 19.9. The second kappa shape index (κ2) is 6.50. The largest absolute Gasteiger partial charge is 0.502 e. The first kappa shape index (κ1) is 16.9. The molecule has 10 heteroatoms. The van der Waals surface area contributed by atoms with E-state index in [-0.39, 0.29) is 0 Å². The number of aromatic hydroxyl groups is 1. The first-order chi connectivity index (χ1) is 9.69. The van der Waals surface area contributed by atoms with Crippen molar-refractivity contribution in [3.05, 3.63) is 28.3 Å². The van der Waals surface area contributed by atoms with Crippen LogP contribution in [0.1, 0.15) is 6.92 Å². The zero-order valence-corrected chi connectivity index (χ0v) is 12.3. The third-order valence-corrected chi connectivity index (χ3v) is 4.17. The Bertz CT molecular complexity index is 658. The molecule has 2 N–H and O–H groups in total. The Labute approximate surface area is 121 Å². The fourth-order valence-corrected chi connectivity index (χ4v) is 2.36. The van der Waals surface area contributed by atoms with Crippen molar-refractivity contribution in [1.29, 1.82) is 0 Å². The van der Waals surface area contributed by atoms with Gasteiger partial charge in [-0.15, -0.1) is 0 Å². The SMILES string of the molecule is CCN(C)C(=O)CNS(=O)(=O)c1ccc(O)c([N+](=O)[O-])c1. The molecule has 0 saturated carbocycles. The number of rotatable bonds is 6. The van der Waals surface area contributed by atoms with Crippen LogP contribution in [0.4, 0.5) is 5.69 Å². The maximum Gasteiger partial charge on any atom is 0.312 e. The minimum atomic E-state index is -4.08. The highest BCUT2D eigenvalue weighted by Gasteiger charge is 2.22. The van der Waals surface area contributed by atoms with E-state index < -0.39 is 43.7 Å². The predicted molar refractivity (Wildman–Crippen MR) is 73.3 cm³/mol. The Morgan fingerprint density at radius 3 is 2.62 bits per heavy atom. The maximum absolute atomic E-state index is 11.9. The zero-order valence-electron chi connectivity index (χ0n) is 11.4. The number of nitrogens with one attached hydrogen (secondary N) is 1. The third kappa shape index (κ3) is 4.13. The molecular formula is C11H15N3O6S. The van der Waals surface area contributed by atoms with Gasteiger partial charge in [0.15, 0.2) is 5.75 Å². The quantitative estimate of drug-likeness (QED) is 0.563. The minimum absolute atomic E-state index is 0.404. The number of amides is 1. The van der Waals surface area contributed by atoms with Gasteiger partial charge >= 0.3 is 5.69 Å². The number of benzene rings is 1. The van der Waals surface area contributed by atoms with Gasteiger partial charge in [0, 0.05) is 19.7 Å². The van der Waals surface area contributed by atoms with E-state index in [0.29, 0.717) is 6.54 Å². The summed E-state index contributed by atoms with van der Waals surface area (Å²) >= 11 is 0. The molecule has 21 heavy (non-hydrogen) atoms. The van der Waals surface area contributed by atoms with Crippen LogP contribution < -0.4 is 4.72 Å². The molecule has 116 valence electrons. The van der Waals surface area contributed by atoms with E-state index in [1.165, 1.54) is 11.9 Å². The summed E-state index contributed by atoms with van der Waals surface area (Å²) in [5.74, 6) is -1.07. The van der Waals surface area contributed by atoms with Crippen LogP contribution in [0.25, 0.3) is 0 Å². The number of nitro benzene ring substituents is 1. The Balaban J connectivity index is 2.96. The minimum Gasteiger partial charge on any atom is -0.502 e. The van der Waals surface area contributed by atoms with Crippen LogP contribution in [0.2, 0.25) is 0 Å². The second-order valence-electron chi connectivity index (χ2n) is 4.14. The molecule has 1 rings (SSSR count).